The van der Waals surface area contributed by atoms with E-state index in [1.165, 1.54) is 6.07 Å². The Balaban J connectivity index is 1.73. The standard InChI is InChI=1S/C16H15FN4O3S2/c1-9-3-4-10(7-12(9)17)18-15(22)19-11-5-6-13-14(8-11)25-16(20-13)21-26(2,23)24/h3-8H,1-2H3,(H,20,21)(H2,18,19,22). The highest BCUT2D eigenvalue weighted by Crippen LogP contribution is 2.29. The van der Waals surface area contributed by atoms with Crippen molar-refractivity contribution < 1.29 is 17.6 Å². The van der Waals surface area contributed by atoms with E-state index in [1.54, 1.807) is 37.3 Å². The van der Waals surface area contributed by atoms with Gasteiger partial charge in [0.15, 0.2) is 5.13 Å². The largest absolute Gasteiger partial charge is 0.323 e. The summed E-state index contributed by atoms with van der Waals surface area (Å²) in [6, 6.07) is 8.88. The first-order valence-corrected chi connectivity index (χ1v) is 10.1. The Morgan fingerprint density at radius 1 is 1.12 bits per heavy atom. The van der Waals surface area contributed by atoms with Gasteiger partial charge in [0.05, 0.1) is 16.5 Å². The van der Waals surface area contributed by atoms with Crippen LogP contribution < -0.4 is 15.4 Å². The van der Waals surface area contributed by atoms with E-state index in [2.05, 4.69) is 20.3 Å². The van der Waals surface area contributed by atoms with Gasteiger partial charge < -0.3 is 10.6 Å². The Kier molecular flexibility index (Phi) is 4.79. The summed E-state index contributed by atoms with van der Waals surface area (Å²) in [6.45, 7) is 1.64. The Morgan fingerprint density at radius 2 is 1.77 bits per heavy atom. The van der Waals surface area contributed by atoms with Gasteiger partial charge in [-0.05, 0) is 42.8 Å². The second-order valence-electron chi connectivity index (χ2n) is 5.62. The molecule has 0 saturated heterocycles. The number of fused-ring (bicyclic) bond motifs is 1. The molecule has 3 rings (SSSR count). The summed E-state index contributed by atoms with van der Waals surface area (Å²) in [7, 11) is -3.41. The van der Waals surface area contributed by atoms with Crippen LogP contribution in [0.4, 0.5) is 25.7 Å². The van der Waals surface area contributed by atoms with E-state index < -0.39 is 21.9 Å². The fraction of sp³-hybridized carbons (Fsp3) is 0.125. The molecule has 7 nitrogen and oxygen atoms in total. The number of aryl methyl sites for hydroxylation is 1. The zero-order chi connectivity index (χ0) is 18.9. The lowest BCUT2D eigenvalue weighted by molar-refractivity contribution is 0.262. The molecular weight excluding hydrogens is 379 g/mol. The number of thiazole rings is 1. The third-order valence-corrected chi connectivity index (χ3v) is 4.98. The number of carbonyl (C=O) groups excluding carboxylic acids is 1. The summed E-state index contributed by atoms with van der Waals surface area (Å²) in [4.78, 5) is 16.2. The summed E-state index contributed by atoms with van der Waals surface area (Å²) < 4.78 is 39.1. The molecule has 2 aromatic carbocycles. The number of hydrogen-bond acceptors (Lipinski definition) is 5. The summed E-state index contributed by atoms with van der Waals surface area (Å²) in [6.07, 6.45) is 1.05. The van der Waals surface area contributed by atoms with Gasteiger partial charge >= 0.3 is 6.03 Å². The summed E-state index contributed by atoms with van der Waals surface area (Å²) in [5, 5.41) is 5.44. The monoisotopic (exact) mass is 394 g/mol. The fourth-order valence-electron chi connectivity index (χ4n) is 2.17. The van der Waals surface area contributed by atoms with E-state index in [9.17, 15) is 17.6 Å². The molecule has 0 spiro atoms. The molecule has 136 valence electrons. The molecule has 3 N–H and O–H groups in total. The molecule has 0 unspecified atom stereocenters. The van der Waals surface area contributed by atoms with Gasteiger partial charge in [0.1, 0.15) is 5.82 Å². The van der Waals surface area contributed by atoms with Crippen LogP contribution in [-0.2, 0) is 10.0 Å². The van der Waals surface area contributed by atoms with E-state index >= 15 is 0 Å². The van der Waals surface area contributed by atoms with Gasteiger partial charge in [0.25, 0.3) is 0 Å². The van der Waals surface area contributed by atoms with Crippen LogP contribution in [0, 0.1) is 12.7 Å². The number of anilines is 3. The van der Waals surface area contributed by atoms with Gasteiger partial charge in [-0.3, -0.25) is 4.72 Å². The molecule has 2 amide bonds. The highest BCUT2D eigenvalue weighted by atomic mass is 32.2. The van der Waals surface area contributed by atoms with E-state index in [-0.39, 0.29) is 5.13 Å². The van der Waals surface area contributed by atoms with E-state index in [4.69, 9.17) is 0 Å². The Labute approximate surface area is 153 Å². The van der Waals surface area contributed by atoms with E-state index in [1.807, 2.05) is 0 Å². The van der Waals surface area contributed by atoms with Crippen molar-refractivity contribution in [2.75, 3.05) is 21.6 Å². The molecule has 1 aromatic heterocycles. The van der Waals surface area contributed by atoms with Crippen LogP contribution in [0.5, 0.6) is 0 Å². The predicted molar refractivity (Wildman–Crippen MR) is 102 cm³/mol. The van der Waals surface area contributed by atoms with Crippen LogP contribution in [0.25, 0.3) is 10.2 Å². The molecule has 10 heteroatoms. The average Bonchev–Trinajstić information content (AvgIpc) is 2.90. The van der Waals surface area contributed by atoms with Crippen LogP contribution in [-0.4, -0.2) is 25.7 Å². The zero-order valence-corrected chi connectivity index (χ0v) is 15.5. The Morgan fingerprint density at radius 3 is 2.42 bits per heavy atom. The van der Waals surface area contributed by atoms with E-state index in [0.717, 1.165) is 17.6 Å². The number of nitrogens with one attached hydrogen (secondary N) is 3. The molecule has 0 aliphatic heterocycles. The van der Waals surface area contributed by atoms with Crippen LogP contribution >= 0.6 is 11.3 Å². The second kappa shape index (κ2) is 6.89. The predicted octanol–water partition coefficient (Wildman–Crippen LogP) is 3.76. The molecule has 0 atom stereocenters. The molecule has 0 aliphatic rings. The second-order valence-corrected chi connectivity index (χ2v) is 8.40. The van der Waals surface area contributed by atoms with Gasteiger partial charge in [0.2, 0.25) is 10.0 Å². The Hall–Kier alpha value is -2.72. The smallest absolute Gasteiger partial charge is 0.308 e. The lowest BCUT2D eigenvalue weighted by atomic mass is 10.2. The van der Waals surface area contributed by atoms with Gasteiger partial charge in [-0.2, -0.15) is 0 Å². The van der Waals surface area contributed by atoms with Crippen molar-refractivity contribution >= 4 is 54.1 Å². The lowest BCUT2D eigenvalue weighted by Gasteiger charge is -2.08. The molecule has 0 aliphatic carbocycles. The molecule has 1 heterocycles. The first kappa shape index (κ1) is 18.1. The van der Waals surface area contributed by atoms with Crippen molar-refractivity contribution in [1.29, 1.82) is 0 Å². The molecule has 0 bridgehead atoms. The van der Waals surface area contributed by atoms with Gasteiger partial charge in [0, 0.05) is 11.4 Å². The quantitative estimate of drug-likeness (QED) is 0.627. The minimum Gasteiger partial charge on any atom is -0.308 e. The average molecular weight is 394 g/mol. The number of sulfonamides is 1. The van der Waals surface area contributed by atoms with Crippen molar-refractivity contribution in [3.8, 4) is 0 Å². The molecular formula is C16H15FN4O3S2. The van der Waals surface area contributed by atoms with Crippen LogP contribution in [0.2, 0.25) is 0 Å². The highest BCUT2D eigenvalue weighted by Gasteiger charge is 2.10. The van der Waals surface area contributed by atoms with Crippen molar-refractivity contribution in [2.45, 2.75) is 6.92 Å². The van der Waals surface area contributed by atoms with Crippen LogP contribution in [0.1, 0.15) is 5.56 Å². The number of urea groups is 1. The number of amides is 2. The summed E-state index contributed by atoms with van der Waals surface area (Å²) in [5.74, 6) is -0.403. The SMILES string of the molecule is Cc1ccc(NC(=O)Nc2ccc3nc(NS(C)(=O)=O)sc3c2)cc1F. The first-order valence-electron chi connectivity index (χ1n) is 7.42. The third kappa shape index (κ3) is 4.46. The number of aromatic nitrogens is 1. The lowest BCUT2D eigenvalue weighted by Crippen LogP contribution is -2.19. The minimum atomic E-state index is -3.41. The summed E-state index contributed by atoms with van der Waals surface area (Å²) >= 11 is 1.15. The minimum absolute atomic E-state index is 0.249. The maximum atomic E-state index is 13.5. The first-order chi connectivity index (χ1) is 12.2. The number of nitrogens with zero attached hydrogens (tertiary/aromatic N) is 1. The van der Waals surface area contributed by atoms with Gasteiger partial charge in [-0.1, -0.05) is 17.4 Å². The number of rotatable bonds is 4. The number of hydrogen-bond donors (Lipinski definition) is 3. The number of halogens is 1. The van der Waals surface area contributed by atoms with Crippen LogP contribution in [0.3, 0.4) is 0 Å². The number of carbonyl (C=O) groups is 1. The van der Waals surface area contributed by atoms with Crippen molar-refractivity contribution in [1.82, 2.24) is 4.98 Å². The topological polar surface area (TPSA) is 100 Å². The molecule has 0 radical (unpaired) electrons. The van der Waals surface area contributed by atoms with Crippen LogP contribution in [0.15, 0.2) is 36.4 Å². The molecule has 26 heavy (non-hydrogen) atoms. The third-order valence-electron chi connectivity index (χ3n) is 3.35. The maximum absolute atomic E-state index is 13.5. The maximum Gasteiger partial charge on any atom is 0.323 e. The molecule has 3 aromatic rings. The number of benzene rings is 2. The van der Waals surface area contributed by atoms with Gasteiger partial charge in [-0.15, -0.1) is 0 Å². The van der Waals surface area contributed by atoms with Gasteiger partial charge in [-0.25, -0.2) is 22.6 Å². The van der Waals surface area contributed by atoms with Crippen molar-refractivity contribution in [2.24, 2.45) is 0 Å². The Bertz CT molecular complexity index is 1100. The van der Waals surface area contributed by atoms with Crippen molar-refractivity contribution in [3.05, 3.63) is 47.8 Å². The normalized spacial score (nSPS) is 11.3. The fourth-order valence-corrected chi connectivity index (χ4v) is 3.91. The zero-order valence-electron chi connectivity index (χ0n) is 13.8. The summed E-state index contributed by atoms with van der Waals surface area (Å²) in [5.41, 5.74) is 1.93. The molecule has 0 saturated carbocycles. The molecule has 0 fully saturated rings. The van der Waals surface area contributed by atoms with E-state index in [0.29, 0.717) is 27.2 Å². The van der Waals surface area contributed by atoms with Crippen molar-refractivity contribution in [3.63, 3.8) is 0 Å². The highest BCUT2D eigenvalue weighted by molar-refractivity contribution is 7.92.